The second-order valence-electron chi connectivity index (χ2n) is 5.54. The van der Waals surface area contributed by atoms with Gasteiger partial charge in [0.2, 0.25) is 0 Å². The van der Waals surface area contributed by atoms with E-state index >= 15 is 0 Å². The Labute approximate surface area is 122 Å². The quantitative estimate of drug-likeness (QED) is 0.886. The minimum atomic E-state index is -0.870. The highest BCUT2D eigenvalue weighted by Gasteiger charge is 2.34. The summed E-state index contributed by atoms with van der Waals surface area (Å²) in [5.41, 5.74) is 0.601. The monoisotopic (exact) mass is 283 g/mol. The third kappa shape index (κ3) is 3.05. The van der Waals surface area contributed by atoms with Gasteiger partial charge in [0.15, 0.2) is 0 Å². The number of hydrogen-bond acceptors (Lipinski definition) is 2. The summed E-state index contributed by atoms with van der Waals surface area (Å²) < 4.78 is 0. The van der Waals surface area contributed by atoms with Crippen LogP contribution in [0.4, 0.5) is 0 Å². The molecule has 1 atom stereocenters. The maximum Gasteiger partial charge on any atom is 0.305 e. The fraction of sp³-hybridized carbons (Fsp3) is 0.294. The molecule has 1 fully saturated rings. The Bertz CT molecular complexity index is 686. The Morgan fingerprint density at radius 1 is 1.14 bits per heavy atom. The highest BCUT2D eigenvalue weighted by atomic mass is 16.4. The van der Waals surface area contributed by atoms with Crippen LogP contribution in [0.1, 0.15) is 29.6 Å². The van der Waals surface area contributed by atoms with Crippen LogP contribution in [0, 0.1) is 5.92 Å². The first kappa shape index (κ1) is 13.6. The van der Waals surface area contributed by atoms with Crippen molar-refractivity contribution in [3.8, 4) is 0 Å². The van der Waals surface area contributed by atoms with Crippen LogP contribution in [0.15, 0.2) is 42.5 Å². The van der Waals surface area contributed by atoms with Gasteiger partial charge in [-0.1, -0.05) is 36.4 Å². The summed E-state index contributed by atoms with van der Waals surface area (Å²) in [5, 5.41) is 13.8. The molecule has 2 aromatic carbocycles. The number of nitrogens with one attached hydrogen (secondary N) is 1. The third-order valence-corrected chi connectivity index (χ3v) is 3.94. The zero-order valence-corrected chi connectivity index (χ0v) is 11.6. The molecule has 1 saturated carbocycles. The van der Waals surface area contributed by atoms with Crippen molar-refractivity contribution in [1.82, 2.24) is 5.32 Å². The fourth-order valence-corrected chi connectivity index (χ4v) is 2.69. The van der Waals surface area contributed by atoms with Gasteiger partial charge in [-0.15, -0.1) is 0 Å². The molecule has 1 unspecified atom stereocenters. The molecule has 1 amide bonds. The Hall–Kier alpha value is -2.36. The van der Waals surface area contributed by atoms with Crippen LogP contribution < -0.4 is 5.32 Å². The van der Waals surface area contributed by atoms with Crippen molar-refractivity contribution in [3.05, 3.63) is 48.0 Å². The molecule has 0 aliphatic heterocycles. The highest BCUT2D eigenvalue weighted by Crippen LogP contribution is 2.34. The first-order valence-electron chi connectivity index (χ1n) is 7.15. The SMILES string of the molecule is O=C(O)CC(NC(=O)c1cccc2ccccc12)C1CC1. The van der Waals surface area contributed by atoms with E-state index in [1.807, 2.05) is 36.4 Å². The highest BCUT2D eigenvalue weighted by molar-refractivity contribution is 6.07. The van der Waals surface area contributed by atoms with Crippen LogP contribution in [-0.4, -0.2) is 23.0 Å². The first-order valence-corrected chi connectivity index (χ1v) is 7.15. The molecule has 4 nitrogen and oxygen atoms in total. The molecule has 0 bridgehead atoms. The summed E-state index contributed by atoms with van der Waals surface area (Å²) >= 11 is 0. The summed E-state index contributed by atoms with van der Waals surface area (Å²) in [6, 6.07) is 13.0. The third-order valence-electron chi connectivity index (χ3n) is 3.94. The van der Waals surface area contributed by atoms with E-state index in [0.29, 0.717) is 11.5 Å². The lowest BCUT2D eigenvalue weighted by Crippen LogP contribution is -2.38. The molecule has 2 N–H and O–H groups in total. The Balaban J connectivity index is 1.84. The molecule has 0 heterocycles. The maximum atomic E-state index is 12.5. The predicted molar refractivity (Wildman–Crippen MR) is 80.2 cm³/mol. The summed E-state index contributed by atoms with van der Waals surface area (Å²) in [5.74, 6) is -0.755. The van der Waals surface area contributed by atoms with E-state index in [9.17, 15) is 9.59 Å². The number of carbonyl (C=O) groups excluding carboxylic acids is 1. The zero-order chi connectivity index (χ0) is 14.8. The molecule has 0 spiro atoms. The van der Waals surface area contributed by atoms with Crippen LogP contribution >= 0.6 is 0 Å². The predicted octanol–water partition coefficient (Wildman–Crippen LogP) is 2.82. The molecule has 4 heteroatoms. The molecule has 0 aromatic heterocycles. The van der Waals surface area contributed by atoms with Crippen LogP contribution in [0.25, 0.3) is 10.8 Å². The Kier molecular flexibility index (Phi) is 3.60. The second kappa shape index (κ2) is 5.56. The summed E-state index contributed by atoms with van der Waals surface area (Å²) in [7, 11) is 0. The van der Waals surface area contributed by atoms with Gasteiger partial charge in [-0.3, -0.25) is 9.59 Å². The van der Waals surface area contributed by atoms with Crippen molar-refractivity contribution >= 4 is 22.6 Å². The summed E-state index contributed by atoms with van der Waals surface area (Å²) in [6.07, 6.45) is 1.97. The Morgan fingerprint density at radius 2 is 1.86 bits per heavy atom. The lowest BCUT2D eigenvalue weighted by Gasteiger charge is -2.17. The lowest BCUT2D eigenvalue weighted by atomic mass is 10.0. The largest absolute Gasteiger partial charge is 0.481 e. The van der Waals surface area contributed by atoms with E-state index in [-0.39, 0.29) is 18.4 Å². The van der Waals surface area contributed by atoms with E-state index < -0.39 is 5.97 Å². The normalized spacial score (nSPS) is 15.6. The van der Waals surface area contributed by atoms with E-state index in [0.717, 1.165) is 23.6 Å². The maximum absolute atomic E-state index is 12.5. The van der Waals surface area contributed by atoms with Gasteiger partial charge in [-0.2, -0.15) is 0 Å². The van der Waals surface area contributed by atoms with Crippen molar-refractivity contribution in [3.63, 3.8) is 0 Å². The lowest BCUT2D eigenvalue weighted by molar-refractivity contribution is -0.137. The number of aliphatic carboxylic acids is 1. The van der Waals surface area contributed by atoms with Gasteiger partial charge in [-0.05, 0) is 35.6 Å². The molecule has 0 radical (unpaired) electrons. The van der Waals surface area contributed by atoms with Gasteiger partial charge in [0.25, 0.3) is 5.91 Å². The summed E-state index contributed by atoms with van der Waals surface area (Å²) in [4.78, 5) is 23.4. The minimum Gasteiger partial charge on any atom is -0.481 e. The van der Waals surface area contributed by atoms with Crippen molar-refractivity contribution in [2.75, 3.05) is 0 Å². The van der Waals surface area contributed by atoms with Crippen molar-refractivity contribution in [2.24, 2.45) is 5.92 Å². The van der Waals surface area contributed by atoms with Gasteiger partial charge in [0.1, 0.15) is 0 Å². The molecule has 3 rings (SSSR count). The molecule has 2 aromatic rings. The minimum absolute atomic E-state index is 0.0127. The number of hydrogen-bond donors (Lipinski definition) is 2. The number of carboxylic acids is 1. The van der Waals surface area contributed by atoms with Gasteiger partial charge in [0.05, 0.1) is 6.42 Å². The van der Waals surface area contributed by atoms with Crippen LogP contribution in [-0.2, 0) is 4.79 Å². The standard InChI is InChI=1S/C17H17NO3/c19-16(20)10-15(12-8-9-12)18-17(21)14-7-3-5-11-4-1-2-6-13(11)14/h1-7,12,15H,8-10H2,(H,18,21)(H,19,20). The average Bonchev–Trinajstić information content (AvgIpc) is 3.30. The zero-order valence-electron chi connectivity index (χ0n) is 11.6. The van der Waals surface area contributed by atoms with Crippen LogP contribution in [0.3, 0.4) is 0 Å². The molecule has 0 saturated heterocycles. The van der Waals surface area contributed by atoms with E-state index in [1.54, 1.807) is 6.07 Å². The smallest absolute Gasteiger partial charge is 0.305 e. The molecule has 21 heavy (non-hydrogen) atoms. The van der Waals surface area contributed by atoms with E-state index in [4.69, 9.17) is 5.11 Å². The Morgan fingerprint density at radius 3 is 2.57 bits per heavy atom. The number of amides is 1. The molecule has 1 aliphatic carbocycles. The molecular weight excluding hydrogens is 266 g/mol. The first-order chi connectivity index (χ1) is 10.1. The van der Waals surface area contributed by atoms with Crippen molar-refractivity contribution < 1.29 is 14.7 Å². The van der Waals surface area contributed by atoms with Gasteiger partial charge in [-0.25, -0.2) is 0 Å². The number of carbonyl (C=O) groups is 2. The molecule has 108 valence electrons. The average molecular weight is 283 g/mol. The number of fused-ring (bicyclic) bond motifs is 1. The summed E-state index contributed by atoms with van der Waals surface area (Å²) in [6.45, 7) is 0. The topological polar surface area (TPSA) is 66.4 Å². The van der Waals surface area contributed by atoms with Gasteiger partial charge >= 0.3 is 5.97 Å². The van der Waals surface area contributed by atoms with E-state index in [2.05, 4.69) is 5.32 Å². The van der Waals surface area contributed by atoms with Crippen molar-refractivity contribution in [1.29, 1.82) is 0 Å². The van der Waals surface area contributed by atoms with Crippen molar-refractivity contribution in [2.45, 2.75) is 25.3 Å². The van der Waals surface area contributed by atoms with Gasteiger partial charge in [0, 0.05) is 11.6 Å². The van der Waals surface area contributed by atoms with Crippen LogP contribution in [0.5, 0.6) is 0 Å². The van der Waals surface area contributed by atoms with Gasteiger partial charge < -0.3 is 10.4 Å². The fourth-order valence-electron chi connectivity index (χ4n) is 2.69. The van der Waals surface area contributed by atoms with E-state index in [1.165, 1.54) is 0 Å². The van der Waals surface area contributed by atoms with Crippen LogP contribution in [0.2, 0.25) is 0 Å². The number of rotatable bonds is 5. The molecular formula is C17H17NO3. The molecule has 1 aliphatic rings. The number of carboxylic acid groups (broad SMARTS) is 1. The second-order valence-corrected chi connectivity index (χ2v) is 5.54. The number of benzene rings is 2.